The van der Waals surface area contributed by atoms with Gasteiger partial charge in [-0.05, 0) is 32.6 Å². The number of hydrogen-bond donors (Lipinski definition) is 0. The van der Waals surface area contributed by atoms with Gasteiger partial charge in [-0.15, -0.1) is 0 Å². The van der Waals surface area contributed by atoms with Gasteiger partial charge in [-0.25, -0.2) is 0 Å². The van der Waals surface area contributed by atoms with Crippen molar-refractivity contribution in [3.8, 4) is 0 Å². The fraction of sp³-hybridized carbons (Fsp3) is 0.429. The number of rotatable bonds is 7. The van der Waals surface area contributed by atoms with Crippen molar-refractivity contribution in [1.82, 2.24) is 0 Å². The minimum Gasteiger partial charge on any atom is -0.0917 e. The molecule has 0 heterocycles. The third-order valence-corrected chi connectivity index (χ3v) is 1.82. The first kappa shape index (κ1) is 13.0. The maximum absolute atomic E-state index is 2.22. The average Bonchev–Trinajstić information content (AvgIpc) is 2.21. The van der Waals surface area contributed by atoms with E-state index in [9.17, 15) is 0 Å². The second-order valence-corrected chi connectivity index (χ2v) is 3.15. The molecule has 0 atom stereocenters. The molecule has 14 heavy (non-hydrogen) atoms. The minimum absolute atomic E-state index is 1.11. The van der Waals surface area contributed by atoms with Crippen LogP contribution in [-0.4, -0.2) is 0 Å². The molecule has 0 fully saturated rings. The standard InChI is InChI=1S/C14H22/c1-3-5-7-9-11-13-14-12-10-8-6-4-2/h3,5-6,8,10,12-14H,4,7,9,11H2,1-2H3/b5-3+,8-6+,12-10+,14-13+. The van der Waals surface area contributed by atoms with E-state index in [1.54, 1.807) is 0 Å². The summed E-state index contributed by atoms with van der Waals surface area (Å²) in [5, 5.41) is 0. The Morgan fingerprint density at radius 2 is 1.43 bits per heavy atom. The van der Waals surface area contributed by atoms with E-state index in [0.29, 0.717) is 0 Å². The highest BCUT2D eigenvalue weighted by Gasteiger charge is 1.77. The highest BCUT2D eigenvalue weighted by Crippen LogP contribution is 1.97. The maximum Gasteiger partial charge on any atom is -0.0345 e. The van der Waals surface area contributed by atoms with Crippen LogP contribution in [0.25, 0.3) is 0 Å². The van der Waals surface area contributed by atoms with Crippen LogP contribution in [0.4, 0.5) is 0 Å². The van der Waals surface area contributed by atoms with Gasteiger partial charge in [0, 0.05) is 0 Å². The van der Waals surface area contributed by atoms with Crippen molar-refractivity contribution in [3.63, 3.8) is 0 Å². The molecule has 0 bridgehead atoms. The number of allylic oxidation sites excluding steroid dienone is 8. The lowest BCUT2D eigenvalue weighted by Gasteiger charge is -1.87. The summed E-state index contributed by atoms with van der Waals surface area (Å²) < 4.78 is 0. The summed E-state index contributed by atoms with van der Waals surface area (Å²) >= 11 is 0. The van der Waals surface area contributed by atoms with Gasteiger partial charge in [0.15, 0.2) is 0 Å². The Hall–Kier alpha value is -1.04. The Morgan fingerprint density at radius 3 is 2.07 bits per heavy atom. The van der Waals surface area contributed by atoms with Crippen LogP contribution in [-0.2, 0) is 0 Å². The van der Waals surface area contributed by atoms with E-state index in [1.807, 2.05) is 0 Å². The van der Waals surface area contributed by atoms with Crippen LogP contribution in [0, 0.1) is 0 Å². The van der Waals surface area contributed by atoms with Crippen LogP contribution in [0.15, 0.2) is 48.6 Å². The SMILES string of the molecule is C/C=C/CCC/C=C/C=C/C=C/CC. The Labute approximate surface area is 88.7 Å². The third kappa shape index (κ3) is 11.0. The van der Waals surface area contributed by atoms with Gasteiger partial charge in [-0.3, -0.25) is 0 Å². The summed E-state index contributed by atoms with van der Waals surface area (Å²) in [6.45, 7) is 4.21. The first-order valence-electron chi connectivity index (χ1n) is 5.51. The van der Waals surface area contributed by atoms with Crippen molar-refractivity contribution in [3.05, 3.63) is 48.6 Å². The quantitative estimate of drug-likeness (QED) is 0.307. The summed E-state index contributed by atoms with van der Waals surface area (Å²) in [6, 6.07) is 0. The predicted octanol–water partition coefficient (Wildman–Crippen LogP) is 4.81. The fourth-order valence-electron chi connectivity index (χ4n) is 1.04. The monoisotopic (exact) mass is 190 g/mol. The zero-order valence-corrected chi connectivity index (χ0v) is 9.45. The minimum atomic E-state index is 1.11. The van der Waals surface area contributed by atoms with Gasteiger partial charge in [0.25, 0.3) is 0 Å². The van der Waals surface area contributed by atoms with E-state index in [4.69, 9.17) is 0 Å². The summed E-state index contributed by atoms with van der Waals surface area (Å²) in [4.78, 5) is 0. The van der Waals surface area contributed by atoms with Gasteiger partial charge < -0.3 is 0 Å². The lowest BCUT2D eigenvalue weighted by Crippen LogP contribution is -1.67. The number of hydrogen-bond acceptors (Lipinski definition) is 0. The van der Waals surface area contributed by atoms with E-state index in [-0.39, 0.29) is 0 Å². The Morgan fingerprint density at radius 1 is 0.786 bits per heavy atom. The van der Waals surface area contributed by atoms with Crippen LogP contribution >= 0.6 is 0 Å². The van der Waals surface area contributed by atoms with Crippen LogP contribution in [0.5, 0.6) is 0 Å². The van der Waals surface area contributed by atoms with Crippen molar-refractivity contribution in [2.24, 2.45) is 0 Å². The normalized spacial score (nSPS) is 13.0. The summed E-state index contributed by atoms with van der Waals surface area (Å²) in [5.74, 6) is 0. The molecule has 0 N–H and O–H groups in total. The molecule has 0 rings (SSSR count). The Balaban J connectivity index is 3.35. The molecule has 0 aliphatic carbocycles. The van der Waals surface area contributed by atoms with Crippen LogP contribution in [0.1, 0.15) is 39.5 Å². The molecule has 0 saturated carbocycles. The third-order valence-electron chi connectivity index (χ3n) is 1.82. The first-order chi connectivity index (χ1) is 6.91. The van der Waals surface area contributed by atoms with Crippen LogP contribution < -0.4 is 0 Å². The van der Waals surface area contributed by atoms with Gasteiger partial charge in [0.2, 0.25) is 0 Å². The molecule has 0 radical (unpaired) electrons. The Bertz CT molecular complexity index is 204. The molecule has 0 aliphatic rings. The molecule has 0 heteroatoms. The second kappa shape index (κ2) is 12.0. The molecular formula is C14H22. The van der Waals surface area contributed by atoms with Gasteiger partial charge in [0.1, 0.15) is 0 Å². The average molecular weight is 190 g/mol. The van der Waals surface area contributed by atoms with E-state index >= 15 is 0 Å². The van der Waals surface area contributed by atoms with Crippen molar-refractivity contribution >= 4 is 0 Å². The fourth-order valence-corrected chi connectivity index (χ4v) is 1.04. The van der Waals surface area contributed by atoms with Gasteiger partial charge in [-0.1, -0.05) is 55.5 Å². The molecule has 0 aromatic rings. The topological polar surface area (TPSA) is 0 Å². The van der Waals surface area contributed by atoms with E-state index < -0.39 is 0 Å². The van der Waals surface area contributed by atoms with Crippen molar-refractivity contribution in [2.45, 2.75) is 39.5 Å². The van der Waals surface area contributed by atoms with Crippen LogP contribution in [0.3, 0.4) is 0 Å². The van der Waals surface area contributed by atoms with E-state index in [2.05, 4.69) is 62.5 Å². The molecular weight excluding hydrogens is 168 g/mol. The largest absolute Gasteiger partial charge is 0.0917 e. The molecule has 0 nitrogen and oxygen atoms in total. The lowest BCUT2D eigenvalue weighted by molar-refractivity contribution is 0.867. The molecule has 0 aromatic heterocycles. The highest BCUT2D eigenvalue weighted by atomic mass is 13.8. The van der Waals surface area contributed by atoms with Gasteiger partial charge in [0.05, 0.1) is 0 Å². The maximum atomic E-state index is 2.22. The first-order valence-corrected chi connectivity index (χ1v) is 5.51. The summed E-state index contributed by atoms with van der Waals surface area (Å²) in [5.41, 5.74) is 0. The molecule has 0 spiro atoms. The predicted molar refractivity (Wildman–Crippen MR) is 66.4 cm³/mol. The summed E-state index contributed by atoms with van der Waals surface area (Å²) in [6.07, 6.45) is 21.8. The molecule has 0 amide bonds. The van der Waals surface area contributed by atoms with Gasteiger partial charge >= 0.3 is 0 Å². The lowest BCUT2D eigenvalue weighted by atomic mass is 10.2. The number of unbranched alkanes of at least 4 members (excludes halogenated alkanes) is 2. The van der Waals surface area contributed by atoms with Gasteiger partial charge in [-0.2, -0.15) is 0 Å². The molecule has 0 saturated heterocycles. The smallest absolute Gasteiger partial charge is 0.0345 e. The second-order valence-electron chi connectivity index (χ2n) is 3.15. The zero-order valence-electron chi connectivity index (χ0n) is 9.45. The van der Waals surface area contributed by atoms with Crippen LogP contribution in [0.2, 0.25) is 0 Å². The van der Waals surface area contributed by atoms with E-state index in [0.717, 1.165) is 6.42 Å². The Kier molecular flexibility index (Phi) is 11.1. The molecule has 0 aromatic carbocycles. The van der Waals surface area contributed by atoms with E-state index in [1.165, 1.54) is 19.3 Å². The molecule has 0 unspecified atom stereocenters. The molecule has 78 valence electrons. The van der Waals surface area contributed by atoms with Crippen molar-refractivity contribution in [2.75, 3.05) is 0 Å². The van der Waals surface area contributed by atoms with Crippen molar-refractivity contribution < 1.29 is 0 Å². The molecule has 0 aliphatic heterocycles. The van der Waals surface area contributed by atoms with Crippen molar-refractivity contribution in [1.29, 1.82) is 0 Å². The zero-order chi connectivity index (χ0) is 10.5. The highest BCUT2D eigenvalue weighted by molar-refractivity contribution is 5.10. The summed E-state index contributed by atoms with van der Waals surface area (Å²) in [7, 11) is 0.